The van der Waals surface area contributed by atoms with Gasteiger partial charge in [0.15, 0.2) is 0 Å². The first-order valence-electron chi connectivity index (χ1n) is 6.39. The van der Waals surface area contributed by atoms with Crippen molar-refractivity contribution >= 4 is 17.8 Å². The van der Waals surface area contributed by atoms with Gasteiger partial charge in [0, 0.05) is 12.5 Å². The summed E-state index contributed by atoms with van der Waals surface area (Å²) in [4.78, 5) is 33.8. The maximum atomic E-state index is 11.9. The third-order valence-electron chi connectivity index (χ3n) is 3.68. The van der Waals surface area contributed by atoms with Gasteiger partial charge in [-0.3, -0.25) is 14.4 Å². The SMILES string of the molecule is O=C1CC[C@@H](C(=O)NC2CCCC(C(=O)O)C2)N1. The molecule has 0 aromatic heterocycles. The molecule has 6 heteroatoms. The number of amides is 2. The minimum atomic E-state index is -0.789. The van der Waals surface area contributed by atoms with E-state index in [2.05, 4.69) is 10.6 Å². The highest BCUT2D eigenvalue weighted by atomic mass is 16.4. The highest BCUT2D eigenvalue weighted by Crippen LogP contribution is 2.24. The Morgan fingerprint density at radius 3 is 2.67 bits per heavy atom. The molecule has 0 radical (unpaired) electrons. The van der Waals surface area contributed by atoms with E-state index in [1.54, 1.807) is 0 Å². The fraction of sp³-hybridized carbons (Fsp3) is 0.750. The molecule has 3 atom stereocenters. The Labute approximate surface area is 105 Å². The van der Waals surface area contributed by atoms with E-state index >= 15 is 0 Å². The molecule has 0 spiro atoms. The van der Waals surface area contributed by atoms with E-state index in [0.29, 0.717) is 25.7 Å². The largest absolute Gasteiger partial charge is 0.481 e. The lowest BCUT2D eigenvalue weighted by Gasteiger charge is -2.28. The lowest BCUT2D eigenvalue weighted by molar-refractivity contribution is -0.143. The molecule has 2 rings (SSSR count). The van der Waals surface area contributed by atoms with Crippen LogP contribution in [0.3, 0.4) is 0 Å². The van der Waals surface area contributed by atoms with Crippen LogP contribution in [0.25, 0.3) is 0 Å². The first-order valence-corrected chi connectivity index (χ1v) is 6.39. The molecule has 2 unspecified atom stereocenters. The maximum Gasteiger partial charge on any atom is 0.306 e. The Kier molecular flexibility index (Phi) is 3.84. The number of carboxylic acids is 1. The number of rotatable bonds is 3. The molecule has 2 fully saturated rings. The highest BCUT2D eigenvalue weighted by molar-refractivity contribution is 5.90. The fourth-order valence-corrected chi connectivity index (χ4v) is 2.66. The van der Waals surface area contributed by atoms with E-state index in [0.717, 1.165) is 12.8 Å². The lowest BCUT2D eigenvalue weighted by Crippen LogP contribution is -2.47. The van der Waals surface area contributed by atoms with Crippen molar-refractivity contribution < 1.29 is 19.5 Å². The van der Waals surface area contributed by atoms with Crippen molar-refractivity contribution in [3.8, 4) is 0 Å². The number of aliphatic carboxylic acids is 1. The number of carbonyl (C=O) groups excluding carboxylic acids is 2. The zero-order chi connectivity index (χ0) is 13.1. The Hall–Kier alpha value is -1.59. The van der Waals surface area contributed by atoms with E-state index in [-0.39, 0.29) is 23.8 Å². The predicted molar refractivity (Wildman–Crippen MR) is 62.7 cm³/mol. The molecule has 0 aromatic rings. The molecular formula is C12H18N2O4. The van der Waals surface area contributed by atoms with Crippen molar-refractivity contribution in [3.05, 3.63) is 0 Å². The minimum absolute atomic E-state index is 0.0788. The number of hydrogen-bond acceptors (Lipinski definition) is 3. The van der Waals surface area contributed by atoms with E-state index in [1.807, 2.05) is 0 Å². The summed E-state index contributed by atoms with van der Waals surface area (Å²) in [5, 5.41) is 14.4. The van der Waals surface area contributed by atoms with Gasteiger partial charge in [0.2, 0.25) is 11.8 Å². The number of carbonyl (C=O) groups is 3. The summed E-state index contributed by atoms with van der Waals surface area (Å²) in [6.07, 6.45) is 3.72. The molecular weight excluding hydrogens is 236 g/mol. The molecule has 2 aliphatic rings. The second kappa shape index (κ2) is 5.37. The van der Waals surface area contributed by atoms with Crippen LogP contribution in [-0.4, -0.2) is 35.0 Å². The van der Waals surface area contributed by atoms with E-state index in [1.165, 1.54) is 0 Å². The molecule has 18 heavy (non-hydrogen) atoms. The van der Waals surface area contributed by atoms with Gasteiger partial charge in [0.05, 0.1) is 5.92 Å². The van der Waals surface area contributed by atoms with Crippen molar-refractivity contribution in [2.24, 2.45) is 5.92 Å². The van der Waals surface area contributed by atoms with Gasteiger partial charge in [-0.25, -0.2) is 0 Å². The van der Waals surface area contributed by atoms with Gasteiger partial charge in [-0.2, -0.15) is 0 Å². The zero-order valence-corrected chi connectivity index (χ0v) is 10.1. The summed E-state index contributed by atoms with van der Waals surface area (Å²) in [5.41, 5.74) is 0. The summed E-state index contributed by atoms with van der Waals surface area (Å²) in [6, 6.07) is -0.521. The summed E-state index contributed by atoms with van der Waals surface area (Å²) in [6.45, 7) is 0. The van der Waals surface area contributed by atoms with Crippen molar-refractivity contribution in [2.75, 3.05) is 0 Å². The van der Waals surface area contributed by atoms with Gasteiger partial charge >= 0.3 is 5.97 Å². The van der Waals surface area contributed by atoms with Gasteiger partial charge < -0.3 is 15.7 Å². The monoisotopic (exact) mass is 254 g/mol. The summed E-state index contributed by atoms with van der Waals surface area (Å²) in [7, 11) is 0. The van der Waals surface area contributed by atoms with Crippen molar-refractivity contribution in [1.82, 2.24) is 10.6 Å². The Morgan fingerprint density at radius 1 is 1.28 bits per heavy atom. The van der Waals surface area contributed by atoms with E-state index in [9.17, 15) is 14.4 Å². The maximum absolute atomic E-state index is 11.9. The normalized spacial score (nSPS) is 31.8. The molecule has 3 N–H and O–H groups in total. The first-order chi connectivity index (χ1) is 8.56. The van der Waals surface area contributed by atoms with E-state index in [4.69, 9.17) is 5.11 Å². The summed E-state index contributed by atoms with van der Waals surface area (Å²) in [5.74, 6) is -1.43. The minimum Gasteiger partial charge on any atom is -0.481 e. The molecule has 0 aromatic carbocycles. The van der Waals surface area contributed by atoms with Crippen LogP contribution in [0, 0.1) is 5.92 Å². The Morgan fingerprint density at radius 2 is 2.06 bits per heavy atom. The third kappa shape index (κ3) is 3.00. The molecule has 2 amide bonds. The van der Waals surface area contributed by atoms with Crippen LogP contribution in [0.4, 0.5) is 0 Å². The summed E-state index contributed by atoms with van der Waals surface area (Å²) < 4.78 is 0. The molecule has 1 saturated heterocycles. The van der Waals surface area contributed by atoms with Crippen molar-refractivity contribution in [3.63, 3.8) is 0 Å². The quantitative estimate of drug-likeness (QED) is 0.662. The summed E-state index contributed by atoms with van der Waals surface area (Å²) >= 11 is 0. The van der Waals surface area contributed by atoms with Crippen LogP contribution in [-0.2, 0) is 14.4 Å². The topological polar surface area (TPSA) is 95.5 Å². The number of nitrogens with one attached hydrogen (secondary N) is 2. The van der Waals surface area contributed by atoms with Gasteiger partial charge in [-0.05, 0) is 25.7 Å². The molecule has 100 valence electrons. The van der Waals surface area contributed by atoms with E-state index < -0.39 is 12.0 Å². The molecule has 6 nitrogen and oxygen atoms in total. The van der Waals surface area contributed by atoms with Crippen LogP contribution in [0.1, 0.15) is 38.5 Å². The highest BCUT2D eigenvalue weighted by Gasteiger charge is 2.31. The fourth-order valence-electron chi connectivity index (χ4n) is 2.66. The van der Waals surface area contributed by atoms with Crippen LogP contribution >= 0.6 is 0 Å². The lowest BCUT2D eigenvalue weighted by atomic mass is 9.85. The van der Waals surface area contributed by atoms with Crippen LogP contribution in [0.2, 0.25) is 0 Å². The average molecular weight is 254 g/mol. The van der Waals surface area contributed by atoms with Gasteiger partial charge in [-0.1, -0.05) is 6.42 Å². The smallest absolute Gasteiger partial charge is 0.306 e. The molecule has 0 bridgehead atoms. The first kappa shape index (κ1) is 12.9. The zero-order valence-electron chi connectivity index (χ0n) is 10.1. The van der Waals surface area contributed by atoms with Crippen LogP contribution < -0.4 is 10.6 Å². The predicted octanol–water partition coefficient (Wildman–Crippen LogP) is 0.0246. The van der Waals surface area contributed by atoms with Crippen molar-refractivity contribution in [2.45, 2.75) is 50.6 Å². The standard InChI is InChI=1S/C12H18N2O4/c15-10-5-4-9(14-10)11(16)13-8-3-1-2-7(6-8)12(17)18/h7-9H,1-6H2,(H,13,16)(H,14,15)(H,17,18)/t7?,8?,9-/m0/s1. The molecule has 1 aliphatic carbocycles. The van der Waals surface area contributed by atoms with Gasteiger partial charge in [0.25, 0.3) is 0 Å². The van der Waals surface area contributed by atoms with Crippen LogP contribution in [0.5, 0.6) is 0 Å². The Balaban J connectivity index is 1.83. The van der Waals surface area contributed by atoms with Gasteiger partial charge in [0.1, 0.15) is 6.04 Å². The van der Waals surface area contributed by atoms with Crippen LogP contribution in [0.15, 0.2) is 0 Å². The molecule has 1 heterocycles. The second-order valence-electron chi connectivity index (χ2n) is 5.07. The molecule has 1 aliphatic heterocycles. The number of hydrogen-bond donors (Lipinski definition) is 3. The molecule has 1 saturated carbocycles. The average Bonchev–Trinajstić information content (AvgIpc) is 2.76. The van der Waals surface area contributed by atoms with Crippen molar-refractivity contribution in [1.29, 1.82) is 0 Å². The third-order valence-corrected chi connectivity index (χ3v) is 3.68. The van der Waals surface area contributed by atoms with Gasteiger partial charge in [-0.15, -0.1) is 0 Å². The second-order valence-corrected chi connectivity index (χ2v) is 5.07. The number of carboxylic acid groups (broad SMARTS) is 1. The Bertz CT molecular complexity index is 369.